The van der Waals surface area contributed by atoms with E-state index in [2.05, 4.69) is 5.32 Å². The molecule has 0 radical (unpaired) electrons. The van der Waals surface area contributed by atoms with Gasteiger partial charge in [-0.05, 0) is 30.5 Å². The van der Waals surface area contributed by atoms with E-state index >= 15 is 0 Å². The Morgan fingerprint density at radius 3 is 2.75 bits per heavy atom. The number of nitrogens with one attached hydrogen (secondary N) is 1. The second kappa shape index (κ2) is 5.28. The topological polar surface area (TPSA) is 55.4 Å². The summed E-state index contributed by atoms with van der Waals surface area (Å²) in [5.74, 6) is 1.56. The van der Waals surface area contributed by atoms with Crippen molar-refractivity contribution in [3.05, 3.63) is 18.2 Å². The Kier molecular flexibility index (Phi) is 3.63. The van der Waals surface area contributed by atoms with Crippen LogP contribution in [0.25, 0.3) is 0 Å². The van der Waals surface area contributed by atoms with E-state index in [1.807, 2.05) is 0 Å². The number of benzene rings is 1. The molecule has 0 aromatic heterocycles. The summed E-state index contributed by atoms with van der Waals surface area (Å²) in [4.78, 5) is 0.335. The van der Waals surface area contributed by atoms with Crippen molar-refractivity contribution in [3.8, 4) is 5.75 Å². The summed E-state index contributed by atoms with van der Waals surface area (Å²) >= 11 is 0. The van der Waals surface area contributed by atoms with Crippen LogP contribution in [0.1, 0.15) is 32.1 Å². The number of hydrogen-bond donors (Lipinski definition) is 1. The monoisotopic (exact) mass is 295 g/mol. The van der Waals surface area contributed by atoms with Gasteiger partial charge >= 0.3 is 0 Å². The molecule has 0 bridgehead atoms. The molecule has 1 heterocycles. The lowest BCUT2D eigenvalue weighted by Gasteiger charge is -2.29. The highest BCUT2D eigenvalue weighted by atomic mass is 32.2. The summed E-state index contributed by atoms with van der Waals surface area (Å²) in [6, 6.07) is 5.05. The first-order valence-electron chi connectivity index (χ1n) is 7.27. The Balaban J connectivity index is 1.72. The fourth-order valence-electron chi connectivity index (χ4n) is 3.17. The first kappa shape index (κ1) is 13.7. The van der Waals surface area contributed by atoms with Gasteiger partial charge in [0.25, 0.3) is 0 Å². The van der Waals surface area contributed by atoms with Crippen molar-refractivity contribution in [2.24, 2.45) is 5.92 Å². The molecule has 3 rings (SSSR count). The molecule has 1 aromatic carbocycles. The van der Waals surface area contributed by atoms with Crippen LogP contribution in [0.2, 0.25) is 0 Å². The largest absolute Gasteiger partial charge is 0.486 e. The molecular weight excluding hydrogens is 274 g/mol. The summed E-state index contributed by atoms with van der Waals surface area (Å²) in [6.07, 6.45) is 7.86. The van der Waals surface area contributed by atoms with Crippen molar-refractivity contribution in [2.45, 2.75) is 43.1 Å². The van der Waals surface area contributed by atoms with Gasteiger partial charge in [-0.1, -0.05) is 25.7 Å². The van der Waals surface area contributed by atoms with Crippen LogP contribution in [0.5, 0.6) is 5.75 Å². The molecule has 0 amide bonds. The second-order valence-electron chi connectivity index (χ2n) is 5.94. The molecule has 1 saturated carbocycles. The van der Waals surface area contributed by atoms with Crippen molar-refractivity contribution in [2.75, 3.05) is 18.1 Å². The minimum atomic E-state index is -3.16. The molecule has 110 valence electrons. The molecule has 1 aliphatic heterocycles. The molecule has 1 aliphatic carbocycles. The Morgan fingerprint density at radius 2 is 2.05 bits per heavy atom. The Morgan fingerprint density at radius 1 is 1.30 bits per heavy atom. The molecule has 20 heavy (non-hydrogen) atoms. The maximum Gasteiger partial charge on any atom is 0.175 e. The second-order valence-corrected chi connectivity index (χ2v) is 7.95. The minimum Gasteiger partial charge on any atom is -0.486 e. The van der Waals surface area contributed by atoms with Gasteiger partial charge in [0.1, 0.15) is 11.9 Å². The lowest BCUT2D eigenvalue weighted by Crippen LogP contribution is -2.32. The zero-order valence-electron chi connectivity index (χ0n) is 11.8. The number of rotatable bonds is 3. The first-order chi connectivity index (χ1) is 9.52. The smallest absolute Gasteiger partial charge is 0.175 e. The van der Waals surface area contributed by atoms with Crippen molar-refractivity contribution in [1.29, 1.82) is 0 Å². The van der Waals surface area contributed by atoms with Gasteiger partial charge in [-0.25, -0.2) is 8.42 Å². The molecule has 1 fully saturated rings. The van der Waals surface area contributed by atoms with Gasteiger partial charge in [-0.2, -0.15) is 0 Å². The number of sulfone groups is 1. The third-order valence-corrected chi connectivity index (χ3v) is 5.37. The first-order valence-corrected chi connectivity index (χ1v) is 9.16. The fraction of sp³-hybridized carbons (Fsp3) is 0.600. The van der Waals surface area contributed by atoms with Gasteiger partial charge in [-0.15, -0.1) is 0 Å². The Hall–Kier alpha value is -1.23. The average Bonchev–Trinajstić information content (AvgIpc) is 2.90. The van der Waals surface area contributed by atoms with Gasteiger partial charge in [0.15, 0.2) is 9.84 Å². The standard InChI is InChI=1S/C15H21NO3S/c1-20(17,18)13-6-7-15-14(9-13)16-10-12(19-15)8-11-4-2-3-5-11/h6-7,9,11-12,16H,2-5,8,10H2,1H3. The lowest BCUT2D eigenvalue weighted by atomic mass is 9.99. The number of hydrogen-bond acceptors (Lipinski definition) is 4. The Labute approximate surface area is 120 Å². The van der Waals surface area contributed by atoms with E-state index in [0.717, 1.165) is 30.3 Å². The zero-order chi connectivity index (χ0) is 14.2. The number of anilines is 1. The lowest BCUT2D eigenvalue weighted by molar-refractivity contribution is 0.172. The number of fused-ring (bicyclic) bond motifs is 1. The summed E-state index contributed by atoms with van der Waals surface area (Å²) in [6.45, 7) is 0.761. The normalized spacial score (nSPS) is 22.9. The molecule has 4 nitrogen and oxygen atoms in total. The molecule has 1 unspecified atom stereocenters. The highest BCUT2D eigenvalue weighted by Gasteiger charge is 2.25. The summed E-state index contributed by atoms with van der Waals surface area (Å²) in [7, 11) is -3.16. The molecular formula is C15H21NO3S. The van der Waals surface area contributed by atoms with Crippen LogP contribution in [-0.4, -0.2) is 27.3 Å². The van der Waals surface area contributed by atoms with Gasteiger partial charge < -0.3 is 10.1 Å². The van der Waals surface area contributed by atoms with E-state index in [4.69, 9.17) is 4.74 Å². The van der Waals surface area contributed by atoms with Crippen molar-refractivity contribution < 1.29 is 13.2 Å². The van der Waals surface area contributed by atoms with Gasteiger partial charge in [0, 0.05) is 6.26 Å². The van der Waals surface area contributed by atoms with E-state index in [1.54, 1.807) is 18.2 Å². The van der Waals surface area contributed by atoms with Gasteiger partial charge in [-0.3, -0.25) is 0 Å². The quantitative estimate of drug-likeness (QED) is 0.931. The van der Waals surface area contributed by atoms with Crippen LogP contribution in [0.3, 0.4) is 0 Å². The van der Waals surface area contributed by atoms with E-state index < -0.39 is 9.84 Å². The van der Waals surface area contributed by atoms with Crippen LogP contribution in [-0.2, 0) is 9.84 Å². The molecule has 0 saturated heterocycles. The SMILES string of the molecule is CS(=O)(=O)c1ccc2c(c1)NCC(CC1CCCC1)O2. The predicted octanol–water partition coefficient (Wildman–Crippen LogP) is 2.84. The predicted molar refractivity (Wildman–Crippen MR) is 79.0 cm³/mol. The average molecular weight is 295 g/mol. The van der Waals surface area contributed by atoms with Crippen molar-refractivity contribution in [3.63, 3.8) is 0 Å². The summed E-state index contributed by atoms with van der Waals surface area (Å²) in [5.41, 5.74) is 0.788. The van der Waals surface area contributed by atoms with Crippen molar-refractivity contribution >= 4 is 15.5 Å². The molecule has 1 N–H and O–H groups in total. The minimum absolute atomic E-state index is 0.203. The van der Waals surface area contributed by atoms with Crippen LogP contribution in [0.4, 0.5) is 5.69 Å². The highest BCUT2D eigenvalue weighted by molar-refractivity contribution is 7.90. The molecule has 2 aliphatic rings. The third kappa shape index (κ3) is 2.92. The van der Waals surface area contributed by atoms with Crippen LogP contribution < -0.4 is 10.1 Å². The highest BCUT2D eigenvalue weighted by Crippen LogP contribution is 2.35. The fourth-order valence-corrected chi connectivity index (χ4v) is 3.82. The third-order valence-electron chi connectivity index (χ3n) is 4.26. The van der Waals surface area contributed by atoms with Gasteiger partial charge in [0.2, 0.25) is 0 Å². The Bertz CT molecular complexity index is 591. The molecule has 1 aromatic rings. The van der Waals surface area contributed by atoms with E-state index in [1.165, 1.54) is 31.9 Å². The van der Waals surface area contributed by atoms with Crippen molar-refractivity contribution in [1.82, 2.24) is 0 Å². The van der Waals surface area contributed by atoms with E-state index in [0.29, 0.717) is 4.90 Å². The van der Waals surface area contributed by atoms with Gasteiger partial charge in [0.05, 0.1) is 17.1 Å². The van der Waals surface area contributed by atoms with E-state index in [9.17, 15) is 8.42 Å². The molecule has 1 atom stereocenters. The summed E-state index contributed by atoms with van der Waals surface area (Å²) < 4.78 is 29.1. The van der Waals surface area contributed by atoms with Crippen LogP contribution >= 0.6 is 0 Å². The zero-order valence-corrected chi connectivity index (χ0v) is 12.6. The van der Waals surface area contributed by atoms with E-state index in [-0.39, 0.29) is 6.10 Å². The van der Waals surface area contributed by atoms with Crippen LogP contribution in [0, 0.1) is 5.92 Å². The summed E-state index contributed by atoms with van der Waals surface area (Å²) in [5, 5.41) is 3.31. The molecule has 0 spiro atoms. The molecule has 5 heteroatoms. The number of ether oxygens (including phenoxy) is 1. The van der Waals surface area contributed by atoms with Crippen LogP contribution in [0.15, 0.2) is 23.1 Å². The maximum atomic E-state index is 11.5. The maximum absolute atomic E-state index is 11.5.